The monoisotopic (exact) mass is 293 g/mol. The summed E-state index contributed by atoms with van der Waals surface area (Å²) in [5.41, 5.74) is 0.670. The molecule has 21 heavy (non-hydrogen) atoms. The second kappa shape index (κ2) is 6.76. The Morgan fingerprint density at radius 1 is 1.19 bits per heavy atom. The van der Waals surface area contributed by atoms with Crippen LogP contribution in [-0.4, -0.2) is 29.2 Å². The van der Waals surface area contributed by atoms with Crippen LogP contribution < -0.4 is 10.6 Å². The van der Waals surface area contributed by atoms with Gasteiger partial charge in [0.2, 0.25) is 0 Å². The van der Waals surface area contributed by atoms with E-state index in [9.17, 15) is 15.2 Å². The largest absolute Gasteiger partial charge is 0.388 e. The second-order valence-electron chi connectivity index (χ2n) is 5.77. The molecule has 1 fully saturated rings. The van der Waals surface area contributed by atoms with Crippen molar-refractivity contribution < 1.29 is 10.0 Å². The minimum Gasteiger partial charge on any atom is -0.388 e. The van der Waals surface area contributed by atoms with Crippen molar-refractivity contribution >= 4 is 17.1 Å². The molecule has 0 heterocycles. The lowest BCUT2D eigenvalue weighted by molar-refractivity contribution is -0.384. The molecule has 2 rings (SSSR count). The van der Waals surface area contributed by atoms with Crippen LogP contribution in [0.5, 0.6) is 0 Å². The number of rotatable bonds is 5. The van der Waals surface area contributed by atoms with Gasteiger partial charge in [-0.15, -0.1) is 0 Å². The zero-order chi connectivity index (χ0) is 15.3. The van der Waals surface area contributed by atoms with Gasteiger partial charge >= 0.3 is 0 Å². The van der Waals surface area contributed by atoms with Gasteiger partial charge in [-0.1, -0.05) is 25.7 Å². The summed E-state index contributed by atoms with van der Waals surface area (Å²) in [6.45, 7) is 0.428. The number of hydrogen-bond donors (Lipinski definition) is 3. The molecule has 0 atom stereocenters. The Kier molecular flexibility index (Phi) is 5.01. The lowest BCUT2D eigenvalue weighted by Crippen LogP contribution is -2.36. The van der Waals surface area contributed by atoms with Crippen LogP contribution in [0.1, 0.15) is 38.5 Å². The fourth-order valence-electron chi connectivity index (χ4n) is 2.79. The highest BCUT2D eigenvalue weighted by atomic mass is 16.6. The number of nitro benzene ring substituents is 1. The minimum atomic E-state index is -0.707. The Labute approximate surface area is 124 Å². The van der Waals surface area contributed by atoms with Gasteiger partial charge in [-0.3, -0.25) is 10.1 Å². The summed E-state index contributed by atoms with van der Waals surface area (Å²) >= 11 is 0. The van der Waals surface area contributed by atoms with Crippen molar-refractivity contribution in [2.24, 2.45) is 0 Å². The summed E-state index contributed by atoms with van der Waals surface area (Å²) < 4.78 is 0. The molecular formula is C15H23N3O3. The van der Waals surface area contributed by atoms with E-state index in [0.29, 0.717) is 17.9 Å². The van der Waals surface area contributed by atoms with Gasteiger partial charge in [0.25, 0.3) is 5.69 Å². The van der Waals surface area contributed by atoms with Gasteiger partial charge in [-0.05, 0) is 18.9 Å². The zero-order valence-electron chi connectivity index (χ0n) is 12.4. The molecule has 0 amide bonds. The van der Waals surface area contributed by atoms with Crippen molar-refractivity contribution in [1.29, 1.82) is 0 Å². The van der Waals surface area contributed by atoms with Gasteiger partial charge in [0.1, 0.15) is 0 Å². The maximum absolute atomic E-state index is 10.9. The Bertz CT molecular complexity index is 497. The van der Waals surface area contributed by atoms with Crippen LogP contribution in [0.4, 0.5) is 17.1 Å². The summed E-state index contributed by atoms with van der Waals surface area (Å²) in [6.07, 6.45) is 5.98. The first-order valence-electron chi connectivity index (χ1n) is 7.46. The van der Waals surface area contributed by atoms with Gasteiger partial charge in [0.05, 0.1) is 10.5 Å². The van der Waals surface area contributed by atoms with Gasteiger partial charge in [0, 0.05) is 37.1 Å². The number of benzene rings is 1. The van der Waals surface area contributed by atoms with Crippen molar-refractivity contribution in [2.45, 2.75) is 44.1 Å². The Balaban J connectivity index is 2.08. The highest BCUT2D eigenvalue weighted by molar-refractivity contribution is 5.63. The highest BCUT2D eigenvalue weighted by Gasteiger charge is 2.27. The molecule has 0 spiro atoms. The normalized spacial score (nSPS) is 17.8. The van der Waals surface area contributed by atoms with Crippen LogP contribution in [0, 0.1) is 10.1 Å². The second-order valence-corrected chi connectivity index (χ2v) is 5.77. The summed E-state index contributed by atoms with van der Waals surface area (Å²) in [5, 5.41) is 27.6. The molecule has 0 aromatic heterocycles. The summed E-state index contributed by atoms with van der Waals surface area (Å²) in [4.78, 5) is 10.5. The molecule has 116 valence electrons. The van der Waals surface area contributed by atoms with Crippen molar-refractivity contribution in [3.8, 4) is 0 Å². The van der Waals surface area contributed by atoms with E-state index in [1.807, 2.05) is 6.07 Å². The number of nitro groups is 1. The molecule has 1 aromatic rings. The van der Waals surface area contributed by atoms with E-state index < -0.39 is 10.5 Å². The third-order valence-corrected chi connectivity index (χ3v) is 4.07. The van der Waals surface area contributed by atoms with E-state index in [1.165, 1.54) is 25.0 Å². The summed E-state index contributed by atoms with van der Waals surface area (Å²) in [7, 11) is 1.72. The predicted octanol–water partition coefficient (Wildman–Crippen LogP) is 3.13. The number of nitrogens with one attached hydrogen (secondary N) is 2. The number of aliphatic hydroxyl groups is 1. The number of nitrogens with zero attached hydrogens (tertiary/aromatic N) is 1. The minimum absolute atomic E-state index is 0.0391. The number of hydrogen-bond acceptors (Lipinski definition) is 5. The van der Waals surface area contributed by atoms with Crippen LogP contribution in [0.25, 0.3) is 0 Å². The summed E-state index contributed by atoms with van der Waals surface area (Å²) in [6, 6.07) is 4.81. The first-order chi connectivity index (χ1) is 10.0. The molecule has 1 saturated carbocycles. The topological polar surface area (TPSA) is 87.4 Å². The molecule has 6 nitrogen and oxygen atoms in total. The molecule has 6 heteroatoms. The molecule has 0 unspecified atom stereocenters. The van der Waals surface area contributed by atoms with E-state index in [1.54, 1.807) is 7.05 Å². The smallest absolute Gasteiger partial charge is 0.273 e. The van der Waals surface area contributed by atoms with Crippen molar-refractivity contribution in [2.75, 3.05) is 24.2 Å². The van der Waals surface area contributed by atoms with Crippen LogP contribution in [-0.2, 0) is 0 Å². The molecule has 0 saturated heterocycles. The van der Waals surface area contributed by atoms with Gasteiger partial charge in [0.15, 0.2) is 0 Å². The maximum Gasteiger partial charge on any atom is 0.273 e. The van der Waals surface area contributed by atoms with Crippen LogP contribution in [0.15, 0.2) is 18.2 Å². The molecular weight excluding hydrogens is 270 g/mol. The number of anilines is 2. The van der Waals surface area contributed by atoms with E-state index in [0.717, 1.165) is 25.7 Å². The lowest BCUT2D eigenvalue weighted by Gasteiger charge is -2.27. The third kappa shape index (κ3) is 4.32. The van der Waals surface area contributed by atoms with Crippen molar-refractivity contribution in [3.63, 3.8) is 0 Å². The van der Waals surface area contributed by atoms with E-state index >= 15 is 0 Å². The molecule has 3 N–H and O–H groups in total. The fourth-order valence-corrected chi connectivity index (χ4v) is 2.79. The van der Waals surface area contributed by atoms with Gasteiger partial charge in [-0.2, -0.15) is 0 Å². The molecule has 1 aliphatic rings. The fraction of sp³-hybridized carbons (Fsp3) is 0.600. The predicted molar refractivity (Wildman–Crippen MR) is 83.8 cm³/mol. The molecule has 1 aliphatic carbocycles. The van der Waals surface area contributed by atoms with Gasteiger partial charge < -0.3 is 15.7 Å². The van der Waals surface area contributed by atoms with E-state index in [2.05, 4.69) is 10.6 Å². The molecule has 0 bridgehead atoms. The summed E-state index contributed by atoms with van der Waals surface area (Å²) in [5.74, 6) is 0. The number of non-ortho nitro benzene ring substituents is 1. The molecule has 0 radical (unpaired) electrons. The molecule has 1 aromatic carbocycles. The average Bonchev–Trinajstić information content (AvgIpc) is 2.70. The maximum atomic E-state index is 10.9. The zero-order valence-corrected chi connectivity index (χ0v) is 12.4. The lowest BCUT2D eigenvalue weighted by atomic mass is 9.94. The van der Waals surface area contributed by atoms with E-state index in [4.69, 9.17) is 0 Å². The Hall–Kier alpha value is -1.82. The molecule has 0 aliphatic heterocycles. The first-order valence-corrected chi connectivity index (χ1v) is 7.46. The van der Waals surface area contributed by atoms with Crippen LogP contribution in [0.2, 0.25) is 0 Å². The SMILES string of the molecule is CNc1cc(NCC2(O)CCCCCC2)cc([N+](=O)[O-])c1. The Morgan fingerprint density at radius 2 is 1.81 bits per heavy atom. The van der Waals surface area contributed by atoms with Crippen molar-refractivity contribution in [1.82, 2.24) is 0 Å². The van der Waals surface area contributed by atoms with E-state index in [-0.39, 0.29) is 5.69 Å². The average molecular weight is 293 g/mol. The van der Waals surface area contributed by atoms with Crippen LogP contribution >= 0.6 is 0 Å². The standard InChI is InChI=1S/C15H23N3O3/c1-16-12-8-13(10-14(9-12)18(20)21)17-11-15(19)6-4-2-3-5-7-15/h8-10,16-17,19H,2-7,11H2,1H3. The Morgan fingerprint density at radius 3 is 2.38 bits per heavy atom. The van der Waals surface area contributed by atoms with Crippen LogP contribution in [0.3, 0.4) is 0 Å². The van der Waals surface area contributed by atoms with Crippen molar-refractivity contribution in [3.05, 3.63) is 28.3 Å². The van der Waals surface area contributed by atoms with Gasteiger partial charge in [-0.25, -0.2) is 0 Å². The quantitative estimate of drug-likeness (QED) is 0.441. The highest BCUT2D eigenvalue weighted by Crippen LogP contribution is 2.29. The third-order valence-electron chi connectivity index (χ3n) is 4.07. The first kappa shape index (κ1) is 15.6.